The minimum Gasteiger partial charge on any atom is -0.486 e. The summed E-state index contributed by atoms with van der Waals surface area (Å²) in [5.74, 6) is 1.03. The van der Waals surface area contributed by atoms with Crippen LogP contribution in [0.25, 0.3) is 21.1 Å². The van der Waals surface area contributed by atoms with Crippen molar-refractivity contribution >= 4 is 49.7 Å². The number of anilines is 2. The lowest BCUT2D eigenvalue weighted by Crippen LogP contribution is -2.16. The average Bonchev–Trinajstić information content (AvgIpc) is 3.02. The fraction of sp³-hybridized carbons (Fsp3) is 0.143. The zero-order valence-corrected chi connectivity index (χ0v) is 15.9. The maximum atomic E-state index is 12.8. The number of hydrogen-bond acceptors (Lipinski definition) is 6. The maximum Gasteiger partial charge on any atom is 0.267 e. The first-order chi connectivity index (χ1) is 13.6. The summed E-state index contributed by atoms with van der Waals surface area (Å²) < 4.78 is 11.1. The molecule has 0 unspecified atom stereocenters. The van der Waals surface area contributed by atoms with Crippen molar-refractivity contribution in [3.8, 4) is 11.5 Å². The number of thiophene rings is 1. The van der Waals surface area contributed by atoms with Crippen LogP contribution in [0.3, 0.4) is 0 Å². The van der Waals surface area contributed by atoms with Crippen molar-refractivity contribution in [2.24, 2.45) is 0 Å². The number of hydrogen-bond donors (Lipinski definition) is 2. The summed E-state index contributed by atoms with van der Waals surface area (Å²) >= 11 is 1.29. The van der Waals surface area contributed by atoms with E-state index >= 15 is 0 Å². The van der Waals surface area contributed by atoms with E-state index in [2.05, 4.69) is 16.4 Å². The van der Waals surface area contributed by atoms with Crippen molar-refractivity contribution in [2.75, 3.05) is 24.3 Å². The summed E-state index contributed by atoms with van der Waals surface area (Å²) in [4.78, 5) is 18.7. The second-order valence-corrected chi connectivity index (χ2v) is 7.69. The molecule has 0 spiro atoms. The van der Waals surface area contributed by atoms with Gasteiger partial charge < -0.3 is 20.5 Å². The minimum atomic E-state index is -0.266. The third-order valence-corrected chi connectivity index (χ3v) is 5.79. The summed E-state index contributed by atoms with van der Waals surface area (Å²) in [6.07, 6.45) is 0. The topological polar surface area (TPSA) is 86.5 Å². The normalized spacial score (nSPS) is 13.0. The number of ether oxygens (including phenoxy) is 2. The van der Waals surface area contributed by atoms with Gasteiger partial charge in [-0.3, -0.25) is 4.79 Å². The average molecular weight is 391 g/mol. The molecular formula is C21H17N3O3S. The van der Waals surface area contributed by atoms with Gasteiger partial charge in [-0.1, -0.05) is 11.6 Å². The molecule has 0 fully saturated rings. The molecule has 0 atom stereocenters. The summed E-state index contributed by atoms with van der Waals surface area (Å²) in [5.41, 5.74) is 9.41. The van der Waals surface area contributed by atoms with E-state index in [1.165, 1.54) is 11.3 Å². The molecule has 3 heterocycles. The van der Waals surface area contributed by atoms with E-state index in [4.69, 9.17) is 15.2 Å². The maximum absolute atomic E-state index is 12.8. The number of amides is 1. The Morgan fingerprint density at radius 2 is 1.93 bits per heavy atom. The molecule has 0 bridgehead atoms. The van der Waals surface area contributed by atoms with Crippen molar-refractivity contribution in [2.45, 2.75) is 6.92 Å². The number of nitrogen functional groups attached to an aromatic ring is 1. The second-order valence-electron chi connectivity index (χ2n) is 6.69. The number of pyridine rings is 1. The molecule has 6 nitrogen and oxygen atoms in total. The van der Waals surface area contributed by atoms with Crippen LogP contribution in [0.1, 0.15) is 15.2 Å². The number of aryl methyl sites for hydroxylation is 1. The molecule has 140 valence electrons. The first-order valence-corrected chi connectivity index (χ1v) is 9.70. The minimum absolute atomic E-state index is 0.266. The molecule has 5 rings (SSSR count). The Kier molecular flexibility index (Phi) is 3.84. The van der Waals surface area contributed by atoms with Crippen LogP contribution in [-0.2, 0) is 0 Å². The molecule has 0 aliphatic carbocycles. The Labute approximate surface area is 164 Å². The molecule has 0 saturated carbocycles. The first kappa shape index (κ1) is 16.8. The highest BCUT2D eigenvalue weighted by atomic mass is 32.1. The number of nitrogens with zero attached hydrogens (tertiary/aromatic N) is 1. The lowest BCUT2D eigenvalue weighted by atomic mass is 10.1. The quantitative estimate of drug-likeness (QED) is 0.530. The predicted octanol–water partition coefficient (Wildman–Crippen LogP) is 4.36. The largest absolute Gasteiger partial charge is 0.486 e. The Hall–Kier alpha value is -3.32. The van der Waals surface area contributed by atoms with Crippen LogP contribution in [0.15, 0.2) is 42.5 Å². The highest BCUT2D eigenvalue weighted by Gasteiger charge is 2.19. The van der Waals surface area contributed by atoms with Crippen LogP contribution in [0.5, 0.6) is 11.5 Å². The van der Waals surface area contributed by atoms with Crippen molar-refractivity contribution in [1.82, 2.24) is 4.98 Å². The highest BCUT2D eigenvalue weighted by Crippen LogP contribution is 2.36. The van der Waals surface area contributed by atoms with Crippen molar-refractivity contribution in [3.05, 3.63) is 52.9 Å². The molecule has 1 aliphatic heterocycles. The molecule has 0 saturated heterocycles. The van der Waals surface area contributed by atoms with Crippen LogP contribution in [-0.4, -0.2) is 24.1 Å². The van der Waals surface area contributed by atoms with Gasteiger partial charge in [0.1, 0.15) is 22.9 Å². The zero-order chi connectivity index (χ0) is 19.3. The smallest absolute Gasteiger partial charge is 0.267 e. The van der Waals surface area contributed by atoms with Crippen LogP contribution in [0, 0.1) is 6.92 Å². The summed E-state index contributed by atoms with van der Waals surface area (Å²) in [7, 11) is 0. The summed E-state index contributed by atoms with van der Waals surface area (Å²) in [5, 5.41) is 4.70. The fourth-order valence-electron chi connectivity index (χ4n) is 3.30. The number of nitrogens with one attached hydrogen (secondary N) is 1. The Balaban J connectivity index is 1.50. The van der Waals surface area contributed by atoms with Gasteiger partial charge in [0.05, 0.1) is 11.2 Å². The molecule has 28 heavy (non-hydrogen) atoms. The van der Waals surface area contributed by atoms with E-state index in [1.54, 1.807) is 18.2 Å². The third-order valence-electron chi connectivity index (χ3n) is 4.68. The van der Waals surface area contributed by atoms with Gasteiger partial charge in [-0.2, -0.15) is 0 Å². The van der Waals surface area contributed by atoms with E-state index in [0.717, 1.165) is 26.7 Å². The summed E-state index contributed by atoms with van der Waals surface area (Å²) in [6.45, 7) is 3.05. The van der Waals surface area contributed by atoms with Crippen LogP contribution in [0.4, 0.5) is 11.4 Å². The molecule has 7 heteroatoms. The monoisotopic (exact) mass is 391 g/mol. The fourth-order valence-corrected chi connectivity index (χ4v) is 4.28. The van der Waals surface area contributed by atoms with E-state index in [9.17, 15) is 4.79 Å². The van der Waals surface area contributed by atoms with Gasteiger partial charge in [-0.25, -0.2) is 4.98 Å². The van der Waals surface area contributed by atoms with Gasteiger partial charge >= 0.3 is 0 Å². The predicted molar refractivity (Wildman–Crippen MR) is 112 cm³/mol. The Morgan fingerprint density at radius 1 is 1.11 bits per heavy atom. The molecular weight excluding hydrogens is 374 g/mol. The first-order valence-electron chi connectivity index (χ1n) is 8.89. The van der Waals surface area contributed by atoms with Gasteiger partial charge in [0.2, 0.25) is 0 Å². The molecule has 0 radical (unpaired) electrons. The Bertz CT molecular complexity index is 1250. The number of carbonyl (C=O) groups excluding carboxylic acids is 1. The number of aromatic nitrogens is 1. The van der Waals surface area contributed by atoms with Gasteiger partial charge in [0.15, 0.2) is 11.5 Å². The number of nitrogens with two attached hydrogens (primary N) is 1. The second kappa shape index (κ2) is 6.38. The van der Waals surface area contributed by atoms with E-state index in [1.807, 2.05) is 25.1 Å². The van der Waals surface area contributed by atoms with E-state index in [-0.39, 0.29) is 5.91 Å². The Morgan fingerprint density at radius 3 is 2.79 bits per heavy atom. The SMILES string of the molecule is Cc1ccc2nc3sc(C(=O)Nc4ccc5c(c4)OCCO5)c(N)c3cc2c1. The number of fused-ring (bicyclic) bond motifs is 3. The van der Waals surface area contributed by atoms with Gasteiger partial charge in [0.25, 0.3) is 5.91 Å². The molecule has 3 N–H and O–H groups in total. The van der Waals surface area contributed by atoms with Crippen molar-refractivity contribution in [3.63, 3.8) is 0 Å². The van der Waals surface area contributed by atoms with Gasteiger partial charge in [-0.15, -0.1) is 11.3 Å². The molecule has 2 aromatic heterocycles. The number of carbonyl (C=O) groups is 1. The standard InChI is InChI=1S/C21H17N3O3S/c1-11-2-4-15-12(8-11)9-14-18(22)19(28-21(14)24-15)20(25)23-13-3-5-16-17(10-13)27-7-6-26-16/h2-5,8-10H,6-7,22H2,1H3,(H,23,25). The van der Waals surface area contributed by atoms with Crippen molar-refractivity contribution < 1.29 is 14.3 Å². The lowest BCUT2D eigenvalue weighted by Gasteiger charge is -2.18. The molecule has 2 aromatic carbocycles. The van der Waals surface area contributed by atoms with Crippen molar-refractivity contribution in [1.29, 1.82) is 0 Å². The number of rotatable bonds is 2. The molecule has 1 aliphatic rings. The number of benzene rings is 2. The van der Waals surface area contributed by atoms with Crippen LogP contribution >= 0.6 is 11.3 Å². The van der Waals surface area contributed by atoms with Crippen LogP contribution < -0.4 is 20.5 Å². The van der Waals surface area contributed by atoms with Crippen LogP contribution in [0.2, 0.25) is 0 Å². The van der Waals surface area contributed by atoms with E-state index in [0.29, 0.717) is 41.0 Å². The zero-order valence-electron chi connectivity index (χ0n) is 15.1. The van der Waals surface area contributed by atoms with Gasteiger partial charge in [0, 0.05) is 22.5 Å². The molecule has 1 amide bonds. The van der Waals surface area contributed by atoms with E-state index < -0.39 is 0 Å². The van der Waals surface area contributed by atoms with Gasteiger partial charge in [-0.05, 0) is 37.3 Å². The highest BCUT2D eigenvalue weighted by molar-refractivity contribution is 7.21. The third kappa shape index (κ3) is 2.80. The summed E-state index contributed by atoms with van der Waals surface area (Å²) in [6, 6.07) is 13.4. The molecule has 4 aromatic rings. The lowest BCUT2D eigenvalue weighted by molar-refractivity contribution is 0.103.